The minimum atomic E-state index is -0.648. The Labute approximate surface area is 101 Å². The van der Waals surface area contributed by atoms with Gasteiger partial charge in [0.1, 0.15) is 6.07 Å². The highest BCUT2D eigenvalue weighted by atomic mass is 16.5. The summed E-state index contributed by atoms with van der Waals surface area (Å²) in [4.78, 5) is 11.2. The number of ether oxygens (including phenoxy) is 1. The molecule has 4 nitrogen and oxygen atoms in total. The molecule has 0 bridgehead atoms. The van der Waals surface area contributed by atoms with E-state index in [0.717, 1.165) is 16.8 Å². The lowest BCUT2D eigenvalue weighted by Crippen LogP contribution is -2.05. The number of benzene rings is 1. The van der Waals surface area contributed by atoms with Gasteiger partial charge in [0.2, 0.25) is 0 Å². The third-order valence-electron chi connectivity index (χ3n) is 2.50. The fourth-order valence-electron chi connectivity index (χ4n) is 1.30. The van der Waals surface area contributed by atoms with Crippen LogP contribution in [-0.2, 0) is 9.53 Å². The van der Waals surface area contributed by atoms with Crippen LogP contribution in [0.25, 0.3) is 0 Å². The third-order valence-corrected chi connectivity index (χ3v) is 2.50. The largest absolute Gasteiger partial charge is 0.465 e. The van der Waals surface area contributed by atoms with Gasteiger partial charge in [-0.1, -0.05) is 12.1 Å². The molecule has 0 unspecified atom stereocenters. The molecule has 1 rings (SSSR count). The average Bonchev–Trinajstić information content (AvgIpc) is 2.34. The van der Waals surface area contributed by atoms with Crippen molar-refractivity contribution in [3.8, 4) is 6.07 Å². The predicted octanol–water partition coefficient (Wildman–Crippen LogP) is 2.30. The standard InChI is InChI=1S/C13H14N2O2/c1-9-5-4-6-12(10(9)2)15-8-11(7-14)13(16)17-3/h4-6,8,15H,1-3H3/b11-8+. The molecule has 0 aliphatic rings. The third kappa shape index (κ3) is 3.08. The van der Waals surface area contributed by atoms with Crippen molar-refractivity contribution in [1.29, 1.82) is 5.26 Å². The van der Waals surface area contributed by atoms with Crippen molar-refractivity contribution < 1.29 is 9.53 Å². The van der Waals surface area contributed by atoms with E-state index in [1.165, 1.54) is 13.3 Å². The molecule has 0 saturated heterocycles. The van der Waals surface area contributed by atoms with Crippen molar-refractivity contribution in [1.82, 2.24) is 0 Å². The van der Waals surface area contributed by atoms with E-state index >= 15 is 0 Å². The SMILES string of the molecule is COC(=O)/C(C#N)=C/Nc1cccc(C)c1C. The fraction of sp³-hybridized carbons (Fsp3) is 0.231. The van der Waals surface area contributed by atoms with Crippen LogP contribution in [0.1, 0.15) is 11.1 Å². The van der Waals surface area contributed by atoms with Gasteiger partial charge in [-0.2, -0.15) is 5.26 Å². The van der Waals surface area contributed by atoms with Crippen molar-refractivity contribution in [3.63, 3.8) is 0 Å². The number of anilines is 1. The molecule has 4 heteroatoms. The maximum absolute atomic E-state index is 11.2. The zero-order chi connectivity index (χ0) is 12.8. The first-order valence-corrected chi connectivity index (χ1v) is 5.11. The molecule has 17 heavy (non-hydrogen) atoms. The van der Waals surface area contributed by atoms with Crippen LogP contribution in [-0.4, -0.2) is 13.1 Å². The Morgan fingerprint density at radius 2 is 2.18 bits per heavy atom. The van der Waals surface area contributed by atoms with Crippen molar-refractivity contribution in [3.05, 3.63) is 41.1 Å². The van der Waals surface area contributed by atoms with Crippen LogP contribution >= 0.6 is 0 Å². The first-order valence-electron chi connectivity index (χ1n) is 5.11. The molecule has 88 valence electrons. The van der Waals surface area contributed by atoms with E-state index in [4.69, 9.17) is 5.26 Å². The maximum Gasteiger partial charge on any atom is 0.350 e. The summed E-state index contributed by atoms with van der Waals surface area (Å²) < 4.78 is 4.48. The predicted molar refractivity (Wildman–Crippen MR) is 65.3 cm³/mol. The van der Waals surface area contributed by atoms with Gasteiger partial charge in [0.15, 0.2) is 5.57 Å². The monoisotopic (exact) mass is 230 g/mol. The van der Waals surface area contributed by atoms with Crippen LogP contribution in [0.5, 0.6) is 0 Å². The van der Waals surface area contributed by atoms with Gasteiger partial charge in [-0.15, -0.1) is 0 Å². The first kappa shape index (κ1) is 12.8. The fourth-order valence-corrected chi connectivity index (χ4v) is 1.30. The Morgan fingerprint density at radius 1 is 1.47 bits per heavy atom. The summed E-state index contributed by atoms with van der Waals surface area (Å²) in [6.45, 7) is 3.96. The van der Waals surface area contributed by atoms with E-state index in [2.05, 4.69) is 10.1 Å². The Hall–Kier alpha value is -2.28. The Morgan fingerprint density at radius 3 is 2.76 bits per heavy atom. The van der Waals surface area contributed by atoms with Crippen molar-refractivity contribution >= 4 is 11.7 Å². The number of nitrogens with zero attached hydrogens (tertiary/aromatic N) is 1. The molecule has 0 aliphatic heterocycles. The van der Waals surface area contributed by atoms with Gasteiger partial charge in [0, 0.05) is 11.9 Å². The van der Waals surface area contributed by atoms with E-state index in [9.17, 15) is 4.79 Å². The Kier molecular flexibility index (Phi) is 4.29. The molecular weight excluding hydrogens is 216 g/mol. The molecule has 0 fully saturated rings. The number of carbonyl (C=O) groups excluding carboxylic acids is 1. The summed E-state index contributed by atoms with van der Waals surface area (Å²) in [6.07, 6.45) is 1.35. The van der Waals surface area contributed by atoms with Crippen LogP contribution in [0.3, 0.4) is 0 Å². The molecule has 1 aromatic carbocycles. The number of hydrogen-bond acceptors (Lipinski definition) is 4. The molecule has 0 radical (unpaired) electrons. The van der Waals surface area contributed by atoms with E-state index in [1.54, 1.807) is 6.07 Å². The Bertz CT molecular complexity index is 499. The molecule has 0 spiro atoms. The summed E-state index contributed by atoms with van der Waals surface area (Å²) in [7, 11) is 1.24. The first-order chi connectivity index (χ1) is 8.10. The second kappa shape index (κ2) is 5.71. The van der Waals surface area contributed by atoms with E-state index in [-0.39, 0.29) is 5.57 Å². The highest BCUT2D eigenvalue weighted by molar-refractivity contribution is 5.93. The van der Waals surface area contributed by atoms with Gasteiger partial charge in [-0.05, 0) is 31.0 Å². The minimum Gasteiger partial charge on any atom is -0.465 e. The molecule has 0 aromatic heterocycles. The topological polar surface area (TPSA) is 62.1 Å². The number of methoxy groups -OCH3 is 1. The molecule has 0 heterocycles. The molecule has 0 saturated carbocycles. The summed E-state index contributed by atoms with van der Waals surface area (Å²) in [5, 5.41) is 11.7. The number of nitrogens with one attached hydrogen (secondary N) is 1. The molecule has 0 aliphatic carbocycles. The average molecular weight is 230 g/mol. The quantitative estimate of drug-likeness (QED) is 0.491. The molecule has 1 aromatic rings. The maximum atomic E-state index is 11.2. The van der Waals surface area contributed by atoms with E-state index < -0.39 is 5.97 Å². The Balaban J connectivity index is 2.93. The zero-order valence-corrected chi connectivity index (χ0v) is 10.1. The lowest BCUT2D eigenvalue weighted by atomic mass is 10.1. The molecule has 0 amide bonds. The number of hydrogen-bond donors (Lipinski definition) is 1. The second-order valence-corrected chi connectivity index (χ2v) is 3.55. The summed E-state index contributed by atoms with van der Waals surface area (Å²) in [5.74, 6) is -0.648. The molecule has 0 atom stereocenters. The molecular formula is C13H14N2O2. The second-order valence-electron chi connectivity index (χ2n) is 3.55. The van der Waals surface area contributed by atoms with Gasteiger partial charge >= 0.3 is 5.97 Å². The minimum absolute atomic E-state index is 0.0617. The van der Waals surface area contributed by atoms with Crippen LogP contribution in [0.4, 0.5) is 5.69 Å². The van der Waals surface area contributed by atoms with Crippen LogP contribution in [0, 0.1) is 25.2 Å². The van der Waals surface area contributed by atoms with Crippen molar-refractivity contribution in [2.75, 3.05) is 12.4 Å². The number of esters is 1. The number of rotatable bonds is 3. The summed E-state index contributed by atoms with van der Waals surface area (Å²) in [6, 6.07) is 7.56. The van der Waals surface area contributed by atoms with Gasteiger partial charge in [0.25, 0.3) is 0 Å². The van der Waals surface area contributed by atoms with Crippen LogP contribution in [0.15, 0.2) is 30.0 Å². The van der Waals surface area contributed by atoms with Gasteiger partial charge in [0.05, 0.1) is 7.11 Å². The summed E-state index contributed by atoms with van der Waals surface area (Å²) >= 11 is 0. The van der Waals surface area contributed by atoms with Gasteiger partial charge in [-0.3, -0.25) is 0 Å². The van der Waals surface area contributed by atoms with Crippen LogP contribution in [0.2, 0.25) is 0 Å². The van der Waals surface area contributed by atoms with Crippen molar-refractivity contribution in [2.45, 2.75) is 13.8 Å². The molecule has 1 N–H and O–H groups in total. The summed E-state index contributed by atoms with van der Waals surface area (Å²) in [5.41, 5.74) is 3.01. The van der Waals surface area contributed by atoms with Gasteiger partial charge < -0.3 is 10.1 Å². The smallest absolute Gasteiger partial charge is 0.350 e. The van der Waals surface area contributed by atoms with E-state index in [0.29, 0.717) is 0 Å². The number of carbonyl (C=O) groups is 1. The van der Waals surface area contributed by atoms with Gasteiger partial charge in [-0.25, -0.2) is 4.79 Å². The number of nitriles is 1. The lowest BCUT2D eigenvalue weighted by molar-refractivity contribution is -0.135. The zero-order valence-electron chi connectivity index (χ0n) is 10.1. The normalized spacial score (nSPS) is 10.6. The number of aryl methyl sites for hydroxylation is 1. The van der Waals surface area contributed by atoms with Crippen molar-refractivity contribution in [2.24, 2.45) is 0 Å². The highest BCUT2D eigenvalue weighted by Gasteiger charge is 2.08. The van der Waals surface area contributed by atoms with E-state index in [1.807, 2.05) is 32.0 Å². The lowest BCUT2D eigenvalue weighted by Gasteiger charge is -2.08. The highest BCUT2D eigenvalue weighted by Crippen LogP contribution is 2.18. The van der Waals surface area contributed by atoms with Crippen LogP contribution < -0.4 is 5.32 Å².